The van der Waals surface area contributed by atoms with Gasteiger partial charge in [0.15, 0.2) is 0 Å². The Morgan fingerprint density at radius 1 is 1.07 bits per heavy atom. The van der Waals surface area contributed by atoms with E-state index in [-0.39, 0.29) is 42.6 Å². The molecule has 1 heterocycles. The molecule has 1 aliphatic heterocycles. The van der Waals surface area contributed by atoms with Crippen LogP contribution >= 0.6 is 0 Å². The summed E-state index contributed by atoms with van der Waals surface area (Å²) in [6.07, 6.45) is -12.9. The topological polar surface area (TPSA) is 111 Å². The lowest BCUT2D eigenvalue weighted by Crippen LogP contribution is -2.44. The minimum Gasteiger partial charge on any atom is -0.486 e. The van der Waals surface area contributed by atoms with Crippen molar-refractivity contribution < 1.29 is 63.0 Å². The Morgan fingerprint density at radius 3 is 2.33 bits per heavy atom. The highest BCUT2D eigenvalue weighted by Crippen LogP contribution is 2.41. The van der Waals surface area contributed by atoms with Crippen LogP contribution in [0.15, 0.2) is 41.3 Å². The van der Waals surface area contributed by atoms with Crippen LogP contribution in [0, 0.1) is 5.82 Å². The predicted molar refractivity (Wildman–Crippen MR) is 133 cm³/mol. The van der Waals surface area contributed by atoms with Crippen molar-refractivity contribution in [2.24, 2.45) is 0 Å². The zero-order valence-corrected chi connectivity index (χ0v) is 23.0. The van der Waals surface area contributed by atoms with Crippen LogP contribution in [0.3, 0.4) is 0 Å². The van der Waals surface area contributed by atoms with Gasteiger partial charge in [-0.1, -0.05) is 0 Å². The van der Waals surface area contributed by atoms with E-state index < -0.39 is 69.0 Å². The quantitative estimate of drug-likeness (QED) is 0.280. The summed E-state index contributed by atoms with van der Waals surface area (Å²) in [6, 6.07) is 4.38. The number of nitrogens with one attached hydrogen (secondary N) is 1. The predicted octanol–water partition coefficient (Wildman–Crippen LogP) is 6.03. The molecule has 0 aliphatic carbocycles. The number of carbonyl (C=O) groups excluding carboxylic acids is 2. The number of rotatable bonds is 8. The number of nitrogens with zero attached hydrogens (tertiary/aromatic N) is 1. The number of ether oxygens (including phenoxy) is 3. The third kappa shape index (κ3) is 7.35. The second kappa shape index (κ2) is 11.9. The summed E-state index contributed by atoms with van der Waals surface area (Å²) in [7, 11) is -4.87. The molecule has 42 heavy (non-hydrogen) atoms. The Balaban J connectivity index is 2.01. The molecule has 9 nitrogen and oxygen atoms in total. The molecule has 0 saturated carbocycles. The van der Waals surface area contributed by atoms with E-state index in [9.17, 15) is 48.7 Å². The zero-order chi connectivity index (χ0) is 31.7. The number of fused-ring (bicyclic) bond motifs is 1. The summed E-state index contributed by atoms with van der Waals surface area (Å²) >= 11 is 0. The molecule has 17 heteroatoms. The van der Waals surface area contributed by atoms with Crippen molar-refractivity contribution in [2.45, 2.75) is 62.6 Å². The Morgan fingerprint density at radius 2 is 1.74 bits per heavy atom. The fourth-order valence-electron chi connectivity index (χ4n) is 3.72. The van der Waals surface area contributed by atoms with E-state index in [0.717, 1.165) is 18.2 Å². The van der Waals surface area contributed by atoms with E-state index >= 15 is 0 Å². The largest absolute Gasteiger partial charge is 0.486 e. The molecule has 0 radical (unpaired) electrons. The first-order valence-electron chi connectivity index (χ1n) is 12.2. The fourth-order valence-corrected chi connectivity index (χ4v) is 5.25. The number of esters is 1. The molecule has 0 spiro atoms. The average Bonchev–Trinajstić information content (AvgIpc) is 2.85. The number of benzene rings is 2. The number of carbonyl (C=O) groups is 2. The van der Waals surface area contributed by atoms with Gasteiger partial charge < -0.3 is 14.2 Å². The molecule has 1 atom stereocenters. The van der Waals surface area contributed by atoms with Gasteiger partial charge in [-0.05, 0) is 63.6 Å². The maximum atomic E-state index is 13.9. The summed E-state index contributed by atoms with van der Waals surface area (Å²) in [5.74, 6) is -2.47. The van der Waals surface area contributed by atoms with Crippen molar-refractivity contribution >= 4 is 33.5 Å². The molecular formula is C25H25F7N2O7S. The van der Waals surface area contributed by atoms with Crippen molar-refractivity contribution in [2.75, 3.05) is 22.8 Å². The highest BCUT2D eigenvalue weighted by atomic mass is 32.2. The van der Waals surface area contributed by atoms with Crippen molar-refractivity contribution in [3.63, 3.8) is 0 Å². The van der Waals surface area contributed by atoms with Gasteiger partial charge in [0.05, 0.1) is 29.3 Å². The summed E-state index contributed by atoms with van der Waals surface area (Å²) in [6.45, 7) is 2.33. The van der Waals surface area contributed by atoms with Crippen molar-refractivity contribution in [3.05, 3.63) is 47.8 Å². The molecule has 2 aromatic rings. The first-order chi connectivity index (χ1) is 19.3. The van der Waals surface area contributed by atoms with Gasteiger partial charge in [0.1, 0.15) is 17.7 Å². The van der Waals surface area contributed by atoms with Crippen LogP contribution < -0.4 is 14.4 Å². The van der Waals surface area contributed by atoms with Gasteiger partial charge in [0.25, 0.3) is 10.0 Å². The number of hydrogen-bond acceptors (Lipinski definition) is 7. The molecule has 0 fully saturated rings. The van der Waals surface area contributed by atoms with E-state index in [4.69, 9.17) is 9.47 Å². The summed E-state index contributed by atoms with van der Waals surface area (Å²) in [4.78, 5) is 23.1. The van der Waals surface area contributed by atoms with Crippen LogP contribution in [0.25, 0.3) is 0 Å². The van der Waals surface area contributed by atoms with E-state index in [2.05, 4.69) is 4.74 Å². The number of anilines is 2. The number of alkyl halides is 6. The van der Waals surface area contributed by atoms with Crippen molar-refractivity contribution in [1.82, 2.24) is 0 Å². The average molecular weight is 631 g/mol. The maximum absolute atomic E-state index is 13.9. The SMILES string of the molecule is CCOC(=O)CCC1CN(S(=O)(=O)c2ccc(F)c(C(F)(F)F)c2)c2cc(NC(=O)OC(C)(C)C(F)(F)F)ccc2O1. The molecular weight excluding hydrogens is 605 g/mol. The lowest BCUT2D eigenvalue weighted by molar-refractivity contribution is -0.242. The Kier molecular flexibility index (Phi) is 9.24. The summed E-state index contributed by atoms with van der Waals surface area (Å²) in [5, 5.41) is 2.04. The fraction of sp³-hybridized carbons (Fsp3) is 0.440. The number of amides is 1. The Hall–Kier alpha value is -3.76. The minimum absolute atomic E-state index is 0.0691. The number of sulfonamides is 1. The first kappa shape index (κ1) is 32.8. The summed E-state index contributed by atoms with van der Waals surface area (Å²) in [5.41, 5.74) is -5.27. The summed E-state index contributed by atoms with van der Waals surface area (Å²) < 4.78 is 136. The standard InChI is InChI=1S/C25H25F7N2O7S/c1-4-39-21(35)10-6-15-13-34(42(37,38)16-7-8-18(26)17(12-16)24(27,28)29)19-11-14(5-9-20(19)40-15)33-22(36)41-23(2,3)25(30,31)32/h5,7-9,11-12,15H,4,6,10,13H2,1-3H3,(H,33,36). The Labute approximate surface area is 235 Å². The van der Waals surface area contributed by atoms with E-state index in [1.165, 1.54) is 0 Å². The second-order valence-electron chi connectivity index (χ2n) is 9.46. The molecule has 0 aromatic heterocycles. The lowest BCUT2D eigenvalue weighted by Gasteiger charge is -2.36. The van der Waals surface area contributed by atoms with Gasteiger partial charge >= 0.3 is 24.4 Å². The highest BCUT2D eigenvalue weighted by Gasteiger charge is 2.51. The van der Waals surface area contributed by atoms with Crippen LogP contribution in [0.1, 0.15) is 39.2 Å². The lowest BCUT2D eigenvalue weighted by atomic mass is 10.1. The molecule has 232 valence electrons. The highest BCUT2D eigenvalue weighted by molar-refractivity contribution is 7.92. The van der Waals surface area contributed by atoms with Gasteiger partial charge in [-0.2, -0.15) is 26.3 Å². The molecule has 0 saturated heterocycles. The molecule has 1 aliphatic rings. The Bertz CT molecular complexity index is 1440. The van der Waals surface area contributed by atoms with Gasteiger partial charge in [0, 0.05) is 12.1 Å². The minimum atomic E-state index is -5.22. The van der Waals surface area contributed by atoms with Gasteiger partial charge in [-0.3, -0.25) is 14.4 Å². The monoisotopic (exact) mass is 630 g/mol. The number of halogens is 7. The molecule has 1 unspecified atom stereocenters. The zero-order valence-electron chi connectivity index (χ0n) is 22.2. The van der Waals surface area contributed by atoms with Crippen LogP contribution in [-0.4, -0.2) is 51.5 Å². The second-order valence-corrected chi connectivity index (χ2v) is 11.3. The third-order valence-corrected chi connectivity index (χ3v) is 7.75. The van der Waals surface area contributed by atoms with Crippen molar-refractivity contribution in [1.29, 1.82) is 0 Å². The van der Waals surface area contributed by atoms with Gasteiger partial charge in [-0.15, -0.1) is 0 Å². The van der Waals surface area contributed by atoms with Crippen LogP contribution in [0.2, 0.25) is 0 Å². The van der Waals surface area contributed by atoms with Gasteiger partial charge in [0.2, 0.25) is 5.60 Å². The smallest absolute Gasteiger partial charge is 0.427 e. The molecule has 1 amide bonds. The third-order valence-electron chi connectivity index (χ3n) is 5.97. The maximum Gasteiger partial charge on any atom is 0.427 e. The molecule has 2 aromatic carbocycles. The first-order valence-corrected chi connectivity index (χ1v) is 13.6. The molecule has 1 N–H and O–H groups in total. The molecule has 0 bridgehead atoms. The van der Waals surface area contributed by atoms with E-state index in [1.54, 1.807) is 6.92 Å². The molecule has 3 rings (SSSR count). The number of hydrogen-bond donors (Lipinski definition) is 1. The van der Waals surface area contributed by atoms with E-state index in [0.29, 0.717) is 30.3 Å². The van der Waals surface area contributed by atoms with Gasteiger partial charge in [-0.25, -0.2) is 17.6 Å². The van der Waals surface area contributed by atoms with Crippen LogP contribution in [0.5, 0.6) is 5.75 Å². The van der Waals surface area contributed by atoms with Crippen LogP contribution in [-0.2, 0) is 30.5 Å². The normalized spacial score (nSPS) is 15.9. The van der Waals surface area contributed by atoms with Crippen LogP contribution in [0.4, 0.5) is 46.9 Å². The van der Waals surface area contributed by atoms with E-state index in [1.807, 2.05) is 5.32 Å². The van der Waals surface area contributed by atoms with Crippen molar-refractivity contribution in [3.8, 4) is 5.75 Å².